The Hall–Kier alpha value is -4.80. The number of benzene rings is 1. The van der Waals surface area contributed by atoms with Crippen molar-refractivity contribution in [3.63, 3.8) is 0 Å². The lowest BCUT2D eigenvalue weighted by Crippen LogP contribution is -2.00. The summed E-state index contributed by atoms with van der Waals surface area (Å²) in [5.74, 6) is -0.359. The number of fused-ring (bicyclic) bond motifs is 6. The first-order valence-electron chi connectivity index (χ1n) is 6.93. The Morgan fingerprint density at radius 3 is 1.46 bits per heavy atom. The molecule has 4 aromatic rings. The quantitative estimate of drug-likeness (QED) is 0.353. The number of aromatic nitrogens is 6. The Morgan fingerprint density at radius 2 is 1.04 bits per heavy atom. The van der Waals surface area contributed by atoms with Gasteiger partial charge >= 0.3 is 0 Å². The molecule has 0 amide bonds. The van der Waals surface area contributed by atoms with E-state index in [4.69, 9.17) is 13.1 Å². The summed E-state index contributed by atoms with van der Waals surface area (Å²) in [6.45, 7) is 14.4. The Morgan fingerprint density at radius 1 is 0.654 bits per heavy atom. The van der Waals surface area contributed by atoms with E-state index < -0.39 is 0 Å². The molecule has 26 heavy (non-hydrogen) atoms. The lowest BCUT2D eigenvalue weighted by molar-refractivity contribution is 1.19. The molecular weight excluding hydrogens is 332 g/mol. The van der Waals surface area contributed by atoms with Gasteiger partial charge < -0.3 is 9.69 Å². The molecule has 3 aromatic heterocycles. The summed E-state index contributed by atoms with van der Waals surface area (Å²) >= 11 is 0. The number of hydrogen-bond acceptors (Lipinski definition) is 8. The second-order valence-corrected chi connectivity index (χ2v) is 4.89. The average Bonchev–Trinajstić information content (AvgIpc) is 2.71. The normalized spacial score (nSPS) is 10.2. The summed E-state index contributed by atoms with van der Waals surface area (Å²) in [7, 11) is 0. The maximum Gasteiger partial charge on any atom is 0.294 e. The number of nitrogens with zero attached hydrogens (tertiary/aromatic N) is 10. The predicted octanol–water partition coefficient (Wildman–Crippen LogP) is 2.36. The molecule has 0 bridgehead atoms. The molecule has 0 saturated carbocycles. The fourth-order valence-electron chi connectivity index (χ4n) is 2.50. The highest BCUT2D eigenvalue weighted by atomic mass is 15.0. The molecule has 116 valence electrons. The Kier molecular flexibility index (Phi) is 3.06. The lowest BCUT2D eigenvalue weighted by Gasteiger charge is -2.04. The van der Waals surface area contributed by atoms with Crippen molar-refractivity contribution >= 4 is 44.7 Å². The van der Waals surface area contributed by atoms with E-state index in [2.05, 4.69) is 39.6 Å². The summed E-state index contributed by atoms with van der Waals surface area (Å²) in [4.78, 5) is 31.6. The Bertz CT molecular complexity index is 1320. The second kappa shape index (κ2) is 5.38. The van der Waals surface area contributed by atoms with E-state index in [1.54, 1.807) is 0 Å². The van der Waals surface area contributed by atoms with Gasteiger partial charge in [-0.3, -0.25) is 4.98 Å². The summed E-state index contributed by atoms with van der Waals surface area (Å²) in [6.07, 6.45) is 2.88. The van der Waals surface area contributed by atoms with E-state index in [-0.39, 0.29) is 45.1 Å². The lowest BCUT2D eigenvalue weighted by atomic mass is 10.1. The van der Waals surface area contributed by atoms with Crippen molar-refractivity contribution in [2.45, 2.75) is 0 Å². The van der Waals surface area contributed by atoms with Crippen LogP contribution in [0.25, 0.3) is 42.8 Å². The van der Waals surface area contributed by atoms with Crippen molar-refractivity contribution in [2.24, 2.45) is 0 Å². The van der Waals surface area contributed by atoms with Gasteiger partial charge in [-0.25, -0.2) is 15.0 Å². The minimum atomic E-state index is -0.193. The highest BCUT2D eigenvalue weighted by molar-refractivity contribution is 6.18. The van der Waals surface area contributed by atoms with Gasteiger partial charge in [-0.2, -0.15) is 10.5 Å². The van der Waals surface area contributed by atoms with Crippen LogP contribution < -0.4 is 0 Å². The Labute approximate surface area is 144 Å². The van der Waals surface area contributed by atoms with Gasteiger partial charge in [0.05, 0.1) is 0 Å². The Balaban J connectivity index is 2.38. The second-order valence-electron chi connectivity index (χ2n) is 4.89. The maximum atomic E-state index is 9.22. The van der Waals surface area contributed by atoms with Crippen LogP contribution in [0.5, 0.6) is 0 Å². The predicted molar refractivity (Wildman–Crippen MR) is 87.7 cm³/mol. The number of nitriles is 2. The largest absolute Gasteiger partial charge is 0.370 e. The van der Waals surface area contributed by atoms with Crippen molar-refractivity contribution in [1.82, 2.24) is 29.9 Å². The first kappa shape index (κ1) is 14.8. The van der Waals surface area contributed by atoms with Crippen LogP contribution in [-0.2, 0) is 0 Å². The van der Waals surface area contributed by atoms with Gasteiger partial charge in [0.1, 0.15) is 34.2 Å². The minimum Gasteiger partial charge on any atom is -0.370 e. The topological polar surface area (TPSA) is 134 Å². The molecule has 10 heteroatoms. The molecule has 0 unspecified atom stereocenters. The van der Waals surface area contributed by atoms with Crippen LogP contribution >= 0.6 is 0 Å². The molecule has 0 fully saturated rings. The van der Waals surface area contributed by atoms with Crippen molar-refractivity contribution in [3.8, 4) is 12.1 Å². The maximum absolute atomic E-state index is 9.22. The number of rotatable bonds is 0. The van der Waals surface area contributed by atoms with Gasteiger partial charge in [-0.1, -0.05) is 13.1 Å². The fourth-order valence-corrected chi connectivity index (χ4v) is 2.50. The van der Waals surface area contributed by atoms with E-state index in [0.29, 0.717) is 11.0 Å². The summed E-state index contributed by atoms with van der Waals surface area (Å²) < 4.78 is 0. The highest BCUT2D eigenvalue weighted by Crippen LogP contribution is 2.34. The number of hydrogen-bond donors (Lipinski definition) is 0. The van der Waals surface area contributed by atoms with Crippen molar-refractivity contribution < 1.29 is 0 Å². The SMILES string of the molecule is [C-]#[N+]c1nc2c3nccnc3c3nc(C#N)c(C#N)nc3c2nc1[N+]#[C-]. The summed E-state index contributed by atoms with van der Waals surface area (Å²) in [5, 5.41) is 18.4. The van der Waals surface area contributed by atoms with Crippen molar-refractivity contribution in [3.05, 3.63) is 46.6 Å². The smallest absolute Gasteiger partial charge is 0.294 e. The molecule has 0 radical (unpaired) electrons. The molecule has 4 rings (SSSR count). The van der Waals surface area contributed by atoms with Gasteiger partial charge in [-0.15, -0.1) is 9.97 Å². The minimum absolute atomic E-state index is 0.151. The molecule has 10 nitrogen and oxygen atoms in total. The van der Waals surface area contributed by atoms with Gasteiger partial charge in [0, 0.05) is 12.4 Å². The molecule has 0 aliphatic rings. The van der Waals surface area contributed by atoms with Gasteiger partial charge in [0.25, 0.3) is 11.6 Å². The molecular formula is C16H2N10. The third kappa shape index (κ3) is 1.88. The molecule has 0 N–H and O–H groups in total. The van der Waals surface area contributed by atoms with E-state index in [1.807, 2.05) is 12.1 Å². The van der Waals surface area contributed by atoms with Gasteiger partial charge in [0.2, 0.25) is 11.0 Å². The highest BCUT2D eigenvalue weighted by Gasteiger charge is 2.24. The van der Waals surface area contributed by atoms with E-state index in [0.717, 1.165) is 0 Å². The van der Waals surface area contributed by atoms with E-state index in [1.165, 1.54) is 12.4 Å². The molecule has 0 spiro atoms. The summed E-state index contributed by atoms with van der Waals surface area (Å²) in [5.41, 5.74) is 1.07. The zero-order valence-electron chi connectivity index (χ0n) is 12.6. The van der Waals surface area contributed by atoms with Crippen LogP contribution in [0.4, 0.5) is 11.6 Å². The van der Waals surface area contributed by atoms with E-state index in [9.17, 15) is 10.5 Å². The van der Waals surface area contributed by atoms with Crippen LogP contribution in [0.15, 0.2) is 12.4 Å². The van der Waals surface area contributed by atoms with Crippen LogP contribution in [0.1, 0.15) is 11.4 Å². The standard InChI is InChI=1S/C16H2N10/c1-19-15-16(20-2)26-14-12(25-15)10-9(21-3-4-22-10)11-13(14)24-8(6-18)7(5-17)23-11/h3-4H. The monoisotopic (exact) mass is 334 g/mol. The van der Waals surface area contributed by atoms with Crippen molar-refractivity contribution in [1.29, 1.82) is 10.5 Å². The average molecular weight is 334 g/mol. The first-order chi connectivity index (χ1) is 12.7. The van der Waals surface area contributed by atoms with E-state index >= 15 is 0 Å². The molecule has 1 aromatic carbocycles. The van der Waals surface area contributed by atoms with Crippen LogP contribution in [-0.4, -0.2) is 29.9 Å². The third-order valence-corrected chi connectivity index (χ3v) is 3.55. The van der Waals surface area contributed by atoms with Crippen molar-refractivity contribution in [2.75, 3.05) is 0 Å². The van der Waals surface area contributed by atoms with Crippen LogP contribution in [0, 0.1) is 35.8 Å². The molecule has 0 aliphatic carbocycles. The first-order valence-corrected chi connectivity index (χ1v) is 6.93. The molecule has 0 aliphatic heterocycles. The summed E-state index contributed by atoms with van der Waals surface area (Å²) in [6, 6.07) is 3.64. The van der Waals surface area contributed by atoms with Crippen LogP contribution in [0.2, 0.25) is 0 Å². The van der Waals surface area contributed by atoms with Gasteiger partial charge in [-0.05, 0) is 0 Å². The third-order valence-electron chi connectivity index (χ3n) is 3.55. The molecule has 0 saturated heterocycles. The molecule has 0 atom stereocenters. The molecule has 3 heterocycles. The zero-order chi connectivity index (χ0) is 18.3. The van der Waals surface area contributed by atoms with Gasteiger partial charge in [0.15, 0.2) is 11.4 Å². The fraction of sp³-hybridized carbons (Fsp3) is 0. The zero-order valence-corrected chi connectivity index (χ0v) is 12.6. The van der Waals surface area contributed by atoms with Crippen LogP contribution in [0.3, 0.4) is 0 Å².